The summed E-state index contributed by atoms with van der Waals surface area (Å²) in [5.74, 6) is 0.0312. The second-order valence-electron chi connectivity index (χ2n) is 6.40. The van der Waals surface area contributed by atoms with Gasteiger partial charge in [-0.1, -0.05) is 25.5 Å². The normalized spacial score (nSPS) is 20.6. The molecule has 1 aliphatic heterocycles. The Labute approximate surface area is 132 Å². The van der Waals surface area contributed by atoms with Crippen LogP contribution in [-0.4, -0.2) is 29.9 Å². The first kappa shape index (κ1) is 16.9. The van der Waals surface area contributed by atoms with E-state index in [2.05, 4.69) is 24.1 Å². The van der Waals surface area contributed by atoms with E-state index in [1.54, 1.807) is 12.1 Å². The molecule has 2 atom stereocenters. The molecule has 1 N–H and O–H groups in total. The summed E-state index contributed by atoms with van der Waals surface area (Å²) in [5.41, 5.74) is 0.973. The molecule has 1 heterocycles. The first-order valence-electron chi connectivity index (χ1n) is 8.35. The van der Waals surface area contributed by atoms with E-state index in [1.807, 2.05) is 6.07 Å². The van der Waals surface area contributed by atoms with Crippen molar-refractivity contribution in [3.8, 4) is 0 Å². The van der Waals surface area contributed by atoms with Gasteiger partial charge in [-0.2, -0.15) is 0 Å². The molecule has 0 aliphatic carbocycles. The van der Waals surface area contributed by atoms with Crippen LogP contribution in [0.2, 0.25) is 0 Å². The Morgan fingerprint density at radius 2 is 2.32 bits per heavy atom. The molecule has 1 fully saturated rings. The van der Waals surface area contributed by atoms with E-state index in [9.17, 15) is 9.18 Å². The molecule has 1 saturated heterocycles. The van der Waals surface area contributed by atoms with Gasteiger partial charge in [0.2, 0.25) is 5.91 Å². The molecule has 0 saturated carbocycles. The average Bonchev–Trinajstić information content (AvgIpc) is 2.47. The summed E-state index contributed by atoms with van der Waals surface area (Å²) in [5, 5.41) is 3.12. The molecule has 22 heavy (non-hydrogen) atoms. The van der Waals surface area contributed by atoms with Gasteiger partial charge in [-0.25, -0.2) is 4.39 Å². The van der Waals surface area contributed by atoms with Crippen molar-refractivity contribution >= 4 is 5.91 Å². The molecular formula is C18H27FN2O. The number of nitrogens with one attached hydrogen (secondary N) is 1. The van der Waals surface area contributed by atoms with Gasteiger partial charge in [0.25, 0.3) is 0 Å². The van der Waals surface area contributed by atoms with E-state index in [1.165, 1.54) is 6.07 Å². The predicted octanol–water partition coefficient (Wildman–Crippen LogP) is 3.34. The van der Waals surface area contributed by atoms with E-state index in [0.29, 0.717) is 6.54 Å². The fourth-order valence-corrected chi connectivity index (χ4v) is 3.17. The summed E-state index contributed by atoms with van der Waals surface area (Å²) in [4.78, 5) is 14.6. The highest BCUT2D eigenvalue weighted by molar-refractivity contribution is 5.79. The first-order valence-corrected chi connectivity index (χ1v) is 8.35. The average molecular weight is 306 g/mol. The number of piperidine rings is 1. The molecule has 0 aromatic heterocycles. The molecule has 1 aromatic rings. The number of rotatable bonds is 6. The summed E-state index contributed by atoms with van der Waals surface area (Å²) >= 11 is 0. The molecule has 3 nitrogen and oxygen atoms in total. The van der Waals surface area contributed by atoms with Crippen LogP contribution in [0, 0.1) is 11.7 Å². The molecule has 4 heteroatoms. The smallest absolute Gasteiger partial charge is 0.224 e. The van der Waals surface area contributed by atoms with Crippen LogP contribution in [0.3, 0.4) is 0 Å². The van der Waals surface area contributed by atoms with Crippen LogP contribution in [0.4, 0.5) is 4.39 Å². The minimum absolute atomic E-state index is 0.0571. The lowest BCUT2D eigenvalue weighted by molar-refractivity contribution is -0.127. The second-order valence-corrected chi connectivity index (χ2v) is 6.40. The Hall–Kier alpha value is -1.42. The maximum atomic E-state index is 13.3. The van der Waals surface area contributed by atoms with Crippen LogP contribution in [0.1, 0.15) is 45.1 Å². The summed E-state index contributed by atoms with van der Waals surface area (Å²) in [7, 11) is 0. The number of amides is 1. The van der Waals surface area contributed by atoms with Gasteiger partial charge in [-0.15, -0.1) is 0 Å². The van der Waals surface area contributed by atoms with E-state index >= 15 is 0 Å². The fraction of sp³-hybridized carbons (Fsp3) is 0.611. The fourth-order valence-electron chi connectivity index (χ4n) is 3.17. The standard InChI is InChI=1S/C18H27FN2O/c1-3-6-14(2)20-18(22)16-8-5-10-21(13-16)12-15-7-4-9-17(19)11-15/h4,7,9,11,14,16H,3,5-6,8,10,12-13H2,1-2H3,(H,20,22). The van der Waals surface area contributed by atoms with Gasteiger partial charge in [0.1, 0.15) is 5.82 Å². The number of hydrogen-bond donors (Lipinski definition) is 1. The first-order chi connectivity index (χ1) is 10.6. The Morgan fingerprint density at radius 3 is 3.05 bits per heavy atom. The van der Waals surface area contributed by atoms with Gasteiger partial charge in [0, 0.05) is 19.1 Å². The zero-order chi connectivity index (χ0) is 15.9. The maximum Gasteiger partial charge on any atom is 0.224 e. The highest BCUT2D eigenvalue weighted by Gasteiger charge is 2.26. The highest BCUT2D eigenvalue weighted by atomic mass is 19.1. The van der Waals surface area contributed by atoms with Crippen LogP contribution in [0.5, 0.6) is 0 Å². The zero-order valence-corrected chi connectivity index (χ0v) is 13.6. The van der Waals surface area contributed by atoms with Crippen molar-refractivity contribution in [3.05, 3.63) is 35.6 Å². The van der Waals surface area contributed by atoms with Crippen LogP contribution in [0.25, 0.3) is 0 Å². The Bertz CT molecular complexity index is 492. The summed E-state index contributed by atoms with van der Waals surface area (Å²) in [6.07, 6.45) is 4.07. The maximum absolute atomic E-state index is 13.3. The van der Waals surface area contributed by atoms with Crippen molar-refractivity contribution in [2.75, 3.05) is 13.1 Å². The Kier molecular flexibility index (Phi) is 6.37. The second kappa shape index (κ2) is 8.28. The molecule has 122 valence electrons. The third-order valence-electron chi connectivity index (χ3n) is 4.28. The van der Waals surface area contributed by atoms with Crippen LogP contribution in [-0.2, 0) is 11.3 Å². The SMILES string of the molecule is CCCC(C)NC(=O)C1CCCN(Cc2cccc(F)c2)C1. The van der Waals surface area contributed by atoms with Crippen LogP contribution >= 0.6 is 0 Å². The quantitative estimate of drug-likeness (QED) is 0.874. The zero-order valence-electron chi connectivity index (χ0n) is 13.6. The number of halogens is 1. The highest BCUT2D eigenvalue weighted by Crippen LogP contribution is 2.19. The van der Waals surface area contributed by atoms with Crippen molar-refractivity contribution in [2.45, 2.75) is 52.1 Å². The van der Waals surface area contributed by atoms with E-state index in [-0.39, 0.29) is 23.7 Å². The number of nitrogens with zero attached hydrogens (tertiary/aromatic N) is 1. The molecule has 0 radical (unpaired) electrons. The lowest BCUT2D eigenvalue weighted by Crippen LogP contribution is -2.45. The molecule has 1 aromatic carbocycles. The molecule has 2 unspecified atom stereocenters. The topological polar surface area (TPSA) is 32.3 Å². The minimum atomic E-state index is -0.197. The lowest BCUT2D eigenvalue weighted by Gasteiger charge is -2.32. The van der Waals surface area contributed by atoms with Gasteiger partial charge in [-0.05, 0) is 50.4 Å². The molecule has 1 amide bonds. The number of likely N-dealkylation sites (tertiary alicyclic amines) is 1. The lowest BCUT2D eigenvalue weighted by atomic mass is 9.96. The largest absolute Gasteiger partial charge is 0.353 e. The number of benzene rings is 1. The number of carbonyl (C=O) groups excluding carboxylic acids is 1. The monoisotopic (exact) mass is 306 g/mol. The van der Waals surface area contributed by atoms with Crippen molar-refractivity contribution in [1.29, 1.82) is 0 Å². The van der Waals surface area contributed by atoms with Crippen molar-refractivity contribution in [2.24, 2.45) is 5.92 Å². The number of carbonyl (C=O) groups is 1. The van der Waals surface area contributed by atoms with E-state index < -0.39 is 0 Å². The van der Waals surface area contributed by atoms with Crippen LogP contribution in [0.15, 0.2) is 24.3 Å². The summed E-state index contributed by atoms with van der Waals surface area (Å²) in [6.45, 7) is 6.65. The van der Waals surface area contributed by atoms with Gasteiger partial charge >= 0.3 is 0 Å². The summed E-state index contributed by atoms with van der Waals surface area (Å²) in [6, 6.07) is 6.97. The number of hydrogen-bond acceptors (Lipinski definition) is 2. The molecule has 2 rings (SSSR count). The molecule has 0 bridgehead atoms. The van der Waals surface area contributed by atoms with Crippen molar-refractivity contribution in [3.63, 3.8) is 0 Å². The van der Waals surface area contributed by atoms with Gasteiger partial charge in [0.15, 0.2) is 0 Å². The summed E-state index contributed by atoms with van der Waals surface area (Å²) < 4.78 is 13.3. The third-order valence-corrected chi connectivity index (χ3v) is 4.28. The predicted molar refractivity (Wildman–Crippen MR) is 86.9 cm³/mol. The molecule has 0 spiro atoms. The molecular weight excluding hydrogens is 279 g/mol. The van der Waals surface area contributed by atoms with Crippen molar-refractivity contribution in [1.82, 2.24) is 10.2 Å². The van der Waals surface area contributed by atoms with Gasteiger partial charge in [0.05, 0.1) is 5.92 Å². The third kappa shape index (κ3) is 5.09. The minimum Gasteiger partial charge on any atom is -0.353 e. The van der Waals surface area contributed by atoms with Gasteiger partial charge < -0.3 is 5.32 Å². The van der Waals surface area contributed by atoms with Crippen LogP contribution < -0.4 is 5.32 Å². The van der Waals surface area contributed by atoms with E-state index in [0.717, 1.165) is 44.3 Å². The Balaban J connectivity index is 1.87. The Morgan fingerprint density at radius 1 is 1.50 bits per heavy atom. The van der Waals surface area contributed by atoms with Crippen molar-refractivity contribution < 1.29 is 9.18 Å². The van der Waals surface area contributed by atoms with Gasteiger partial charge in [-0.3, -0.25) is 9.69 Å². The van der Waals surface area contributed by atoms with E-state index in [4.69, 9.17) is 0 Å². The molecule has 1 aliphatic rings.